The summed E-state index contributed by atoms with van der Waals surface area (Å²) in [5, 5.41) is 3.30. The number of aromatic nitrogens is 1. The van der Waals surface area contributed by atoms with Gasteiger partial charge in [-0.25, -0.2) is 13.4 Å². The normalized spacial score (nSPS) is 11.3. The van der Waals surface area contributed by atoms with Crippen molar-refractivity contribution in [3.8, 4) is 0 Å². The lowest BCUT2D eigenvalue weighted by Gasteiger charge is -2.10. The second-order valence-corrected chi connectivity index (χ2v) is 8.97. The predicted molar refractivity (Wildman–Crippen MR) is 107 cm³/mol. The highest BCUT2D eigenvalue weighted by Gasteiger charge is 2.17. The van der Waals surface area contributed by atoms with Crippen LogP contribution >= 0.6 is 11.3 Å². The van der Waals surface area contributed by atoms with Crippen LogP contribution in [0.1, 0.15) is 22.9 Å². The molecule has 2 heterocycles. The maximum absolute atomic E-state index is 12.4. The van der Waals surface area contributed by atoms with E-state index in [-0.39, 0.29) is 0 Å². The van der Waals surface area contributed by atoms with Crippen LogP contribution in [0.3, 0.4) is 0 Å². The van der Waals surface area contributed by atoms with E-state index in [0.29, 0.717) is 16.6 Å². The summed E-state index contributed by atoms with van der Waals surface area (Å²) in [7, 11) is -3.59. The molecule has 0 fully saturated rings. The Morgan fingerprint density at radius 2 is 1.88 bits per heavy atom. The van der Waals surface area contributed by atoms with Crippen molar-refractivity contribution in [3.63, 3.8) is 0 Å². The van der Waals surface area contributed by atoms with Crippen molar-refractivity contribution in [2.45, 2.75) is 31.0 Å². The second-order valence-electron chi connectivity index (χ2n) is 5.89. The number of nitrogens with zero attached hydrogens (tertiary/aromatic N) is 1. The molecular weight excluding hydrogens is 366 g/mol. The van der Waals surface area contributed by atoms with Gasteiger partial charge in [0, 0.05) is 11.4 Å². The van der Waals surface area contributed by atoms with Gasteiger partial charge in [-0.1, -0.05) is 31.2 Å². The van der Waals surface area contributed by atoms with E-state index in [4.69, 9.17) is 0 Å². The number of benzene rings is 1. The smallest absolute Gasteiger partial charge is 0.272 e. The number of nitrogens with one attached hydrogen (secondary N) is 2. The monoisotopic (exact) mass is 387 g/mol. The van der Waals surface area contributed by atoms with E-state index in [1.807, 2.05) is 31.2 Å². The number of anilines is 2. The lowest BCUT2D eigenvalue weighted by atomic mass is 10.1. The number of thiophene rings is 1. The molecule has 0 radical (unpaired) electrons. The molecule has 0 saturated heterocycles. The van der Waals surface area contributed by atoms with Crippen molar-refractivity contribution in [2.24, 2.45) is 0 Å². The van der Waals surface area contributed by atoms with E-state index in [1.165, 1.54) is 22.5 Å². The van der Waals surface area contributed by atoms with Crippen LogP contribution in [0.15, 0.2) is 58.9 Å². The molecular formula is C19H21N3O2S2. The van der Waals surface area contributed by atoms with Crippen LogP contribution in [0.5, 0.6) is 0 Å². The third-order valence-electron chi connectivity index (χ3n) is 4.00. The Hall–Kier alpha value is -2.38. The van der Waals surface area contributed by atoms with Crippen molar-refractivity contribution in [1.29, 1.82) is 0 Å². The van der Waals surface area contributed by atoms with Crippen LogP contribution in [0.2, 0.25) is 0 Å². The van der Waals surface area contributed by atoms with E-state index in [9.17, 15) is 8.42 Å². The van der Waals surface area contributed by atoms with Gasteiger partial charge in [-0.2, -0.15) is 0 Å². The van der Waals surface area contributed by atoms with E-state index < -0.39 is 10.0 Å². The standard InChI is InChI=1S/C19H21N3O2S2/c1-3-17-9-11-19(25-17)26(23,24)22-18-10-8-16(13-21-18)20-12-15-7-5-4-6-14(15)2/h4-11,13,20H,3,12H2,1-2H3,(H,21,22). The van der Waals surface area contributed by atoms with Gasteiger partial charge in [0.25, 0.3) is 10.0 Å². The van der Waals surface area contributed by atoms with Crippen LogP contribution < -0.4 is 10.0 Å². The van der Waals surface area contributed by atoms with Crippen molar-refractivity contribution in [1.82, 2.24) is 4.98 Å². The number of pyridine rings is 1. The highest BCUT2D eigenvalue weighted by atomic mass is 32.2. The van der Waals surface area contributed by atoms with Crippen molar-refractivity contribution < 1.29 is 8.42 Å². The zero-order chi connectivity index (χ0) is 18.6. The number of rotatable bonds is 7. The van der Waals surface area contributed by atoms with Crippen molar-refractivity contribution in [2.75, 3.05) is 10.0 Å². The minimum Gasteiger partial charge on any atom is -0.380 e. The minimum atomic E-state index is -3.59. The predicted octanol–water partition coefficient (Wildman–Crippen LogP) is 4.43. The van der Waals surface area contributed by atoms with Gasteiger partial charge < -0.3 is 5.32 Å². The van der Waals surface area contributed by atoms with Crippen molar-refractivity contribution >= 4 is 32.9 Å². The summed E-state index contributed by atoms with van der Waals surface area (Å²) in [5.74, 6) is 0.304. The summed E-state index contributed by atoms with van der Waals surface area (Å²) >= 11 is 1.28. The second kappa shape index (κ2) is 7.88. The minimum absolute atomic E-state index is 0.304. The summed E-state index contributed by atoms with van der Waals surface area (Å²) < 4.78 is 27.6. The summed E-state index contributed by atoms with van der Waals surface area (Å²) in [5.41, 5.74) is 3.27. The Kier molecular flexibility index (Phi) is 5.58. The summed E-state index contributed by atoms with van der Waals surface area (Å²) in [6.07, 6.45) is 2.45. The highest BCUT2D eigenvalue weighted by molar-refractivity contribution is 7.94. The molecule has 0 aliphatic heterocycles. The van der Waals surface area contributed by atoms with Crippen LogP contribution in [0, 0.1) is 6.92 Å². The Balaban J connectivity index is 1.65. The third kappa shape index (κ3) is 4.42. The molecule has 0 aliphatic rings. The topological polar surface area (TPSA) is 71.1 Å². The third-order valence-corrected chi connectivity index (χ3v) is 7.07. The van der Waals surface area contributed by atoms with Crippen LogP contribution in [0.4, 0.5) is 11.5 Å². The average Bonchev–Trinajstić information content (AvgIpc) is 3.12. The molecule has 0 atom stereocenters. The highest BCUT2D eigenvalue weighted by Crippen LogP contribution is 2.24. The lowest BCUT2D eigenvalue weighted by Crippen LogP contribution is -2.12. The number of hydrogen-bond acceptors (Lipinski definition) is 5. The van der Waals surface area contributed by atoms with Gasteiger partial charge >= 0.3 is 0 Å². The van der Waals surface area contributed by atoms with Gasteiger partial charge in [-0.05, 0) is 48.7 Å². The first-order valence-electron chi connectivity index (χ1n) is 8.34. The molecule has 7 heteroatoms. The maximum atomic E-state index is 12.4. The fourth-order valence-electron chi connectivity index (χ4n) is 2.45. The fraction of sp³-hybridized carbons (Fsp3) is 0.211. The van der Waals surface area contributed by atoms with Gasteiger partial charge in [-0.3, -0.25) is 4.72 Å². The van der Waals surface area contributed by atoms with Crippen LogP contribution in [-0.4, -0.2) is 13.4 Å². The zero-order valence-electron chi connectivity index (χ0n) is 14.7. The van der Waals surface area contributed by atoms with Gasteiger partial charge in [0.15, 0.2) is 0 Å². The molecule has 0 unspecified atom stereocenters. The number of hydrogen-bond donors (Lipinski definition) is 2. The Bertz CT molecular complexity index is 980. The molecule has 3 aromatic rings. The van der Waals surface area contributed by atoms with Crippen molar-refractivity contribution in [3.05, 3.63) is 70.7 Å². The molecule has 0 aliphatic carbocycles. The summed E-state index contributed by atoms with van der Waals surface area (Å²) in [4.78, 5) is 5.24. The van der Waals surface area contributed by atoms with E-state index in [1.54, 1.807) is 18.3 Å². The summed E-state index contributed by atoms with van der Waals surface area (Å²) in [6.45, 7) is 4.76. The molecule has 0 spiro atoms. The molecule has 0 bridgehead atoms. The molecule has 26 heavy (non-hydrogen) atoms. The van der Waals surface area contributed by atoms with Gasteiger partial charge in [0.05, 0.1) is 11.9 Å². The quantitative estimate of drug-likeness (QED) is 0.629. The first kappa shape index (κ1) is 18.4. The van der Waals surface area contributed by atoms with Gasteiger partial charge in [-0.15, -0.1) is 11.3 Å². The molecule has 5 nitrogen and oxygen atoms in total. The maximum Gasteiger partial charge on any atom is 0.272 e. The van der Waals surface area contributed by atoms with E-state index in [0.717, 1.165) is 17.0 Å². The Morgan fingerprint density at radius 1 is 1.08 bits per heavy atom. The number of sulfonamides is 1. The molecule has 2 aromatic heterocycles. The molecule has 136 valence electrons. The summed E-state index contributed by atoms with van der Waals surface area (Å²) in [6, 6.07) is 15.1. The molecule has 0 amide bonds. The average molecular weight is 388 g/mol. The lowest BCUT2D eigenvalue weighted by molar-refractivity contribution is 0.603. The van der Waals surface area contributed by atoms with E-state index >= 15 is 0 Å². The van der Waals surface area contributed by atoms with Gasteiger partial charge in [0.2, 0.25) is 0 Å². The van der Waals surface area contributed by atoms with Crippen LogP contribution in [0.25, 0.3) is 0 Å². The van der Waals surface area contributed by atoms with E-state index in [2.05, 4.69) is 34.1 Å². The molecule has 1 aromatic carbocycles. The molecule has 0 saturated carbocycles. The molecule has 2 N–H and O–H groups in total. The Labute approximate surface area is 158 Å². The largest absolute Gasteiger partial charge is 0.380 e. The SMILES string of the molecule is CCc1ccc(S(=O)(=O)Nc2ccc(NCc3ccccc3C)cn2)s1. The zero-order valence-corrected chi connectivity index (χ0v) is 16.3. The molecule has 3 rings (SSSR count). The van der Waals surface area contributed by atoms with Gasteiger partial charge in [0.1, 0.15) is 10.0 Å². The first-order valence-corrected chi connectivity index (χ1v) is 10.6. The Morgan fingerprint density at radius 3 is 2.54 bits per heavy atom. The fourth-order valence-corrected chi connectivity index (χ4v) is 4.75. The number of aryl methyl sites for hydroxylation is 2. The first-order chi connectivity index (χ1) is 12.5. The van der Waals surface area contributed by atoms with Crippen LogP contribution in [-0.2, 0) is 23.0 Å².